The average Bonchev–Trinajstić information content (AvgIpc) is 2.61. The third-order valence-electron chi connectivity index (χ3n) is 3.76. The molecule has 0 aliphatic carbocycles. The third kappa shape index (κ3) is 3.08. The minimum Gasteiger partial charge on any atom is -0.485 e. The van der Waals surface area contributed by atoms with E-state index in [9.17, 15) is 0 Å². The molecule has 2 aromatic carbocycles. The van der Waals surface area contributed by atoms with Crippen LogP contribution in [0.1, 0.15) is 24.2 Å². The van der Waals surface area contributed by atoms with Crippen LogP contribution in [-0.4, -0.2) is 16.0 Å². The Balaban J connectivity index is 1.94. The summed E-state index contributed by atoms with van der Waals surface area (Å²) < 4.78 is 6.10. The second-order valence-electron chi connectivity index (χ2n) is 5.43. The number of amidine groups is 1. The SMILES string of the molecule is CC(Oc1cc(N)nc2ccccc12)c1cccc(/C(N)=N/O)c1. The van der Waals surface area contributed by atoms with Gasteiger partial charge in [0.25, 0.3) is 0 Å². The van der Waals surface area contributed by atoms with E-state index >= 15 is 0 Å². The van der Waals surface area contributed by atoms with Crippen LogP contribution in [0.2, 0.25) is 0 Å². The standard InChI is InChI=1S/C18H18N4O2/c1-11(12-5-4-6-13(9-12)18(20)22-23)24-16-10-17(19)21-15-8-3-2-7-14(15)16/h2-11,23H,1H3,(H2,19,21)(H2,20,22). The summed E-state index contributed by atoms with van der Waals surface area (Å²) in [6.45, 7) is 1.93. The number of aromatic nitrogens is 1. The maximum Gasteiger partial charge on any atom is 0.170 e. The lowest BCUT2D eigenvalue weighted by Gasteiger charge is -2.17. The quantitative estimate of drug-likeness (QED) is 0.296. The van der Waals surface area contributed by atoms with E-state index in [-0.39, 0.29) is 11.9 Å². The molecule has 0 aliphatic heterocycles. The maximum absolute atomic E-state index is 8.81. The number of hydrogen-bond donors (Lipinski definition) is 3. The topological polar surface area (TPSA) is 107 Å². The first-order valence-corrected chi connectivity index (χ1v) is 7.48. The van der Waals surface area contributed by atoms with Gasteiger partial charge in [0.15, 0.2) is 5.84 Å². The highest BCUT2D eigenvalue weighted by molar-refractivity contribution is 5.97. The highest BCUT2D eigenvalue weighted by Gasteiger charge is 2.12. The Bertz CT molecular complexity index is 908. The van der Waals surface area contributed by atoms with Crippen molar-refractivity contribution in [1.82, 2.24) is 4.98 Å². The zero-order valence-electron chi connectivity index (χ0n) is 13.2. The minimum atomic E-state index is -0.248. The molecule has 0 aliphatic rings. The fraction of sp³-hybridized carbons (Fsp3) is 0.111. The van der Waals surface area contributed by atoms with Crippen LogP contribution in [-0.2, 0) is 0 Å². The average molecular weight is 322 g/mol. The molecule has 0 radical (unpaired) electrons. The lowest BCUT2D eigenvalue weighted by Crippen LogP contribution is -2.14. The predicted molar refractivity (Wildman–Crippen MR) is 94.2 cm³/mol. The summed E-state index contributed by atoms with van der Waals surface area (Å²) in [5.41, 5.74) is 13.8. The summed E-state index contributed by atoms with van der Waals surface area (Å²) >= 11 is 0. The second kappa shape index (κ2) is 6.45. The van der Waals surface area contributed by atoms with Crippen molar-refractivity contribution in [1.29, 1.82) is 0 Å². The van der Waals surface area contributed by atoms with E-state index in [1.54, 1.807) is 12.1 Å². The van der Waals surface area contributed by atoms with Gasteiger partial charge >= 0.3 is 0 Å². The molecule has 1 heterocycles. The van der Waals surface area contributed by atoms with Crippen LogP contribution in [0.5, 0.6) is 5.75 Å². The van der Waals surface area contributed by atoms with Crippen molar-refractivity contribution >= 4 is 22.6 Å². The summed E-state index contributed by atoms with van der Waals surface area (Å²) in [4.78, 5) is 4.30. The first kappa shape index (κ1) is 15.6. The van der Waals surface area contributed by atoms with Crippen LogP contribution in [0.25, 0.3) is 10.9 Å². The lowest BCUT2D eigenvalue weighted by atomic mass is 10.1. The van der Waals surface area contributed by atoms with E-state index in [2.05, 4.69) is 10.1 Å². The molecule has 0 spiro atoms. The van der Waals surface area contributed by atoms with E-state index < -0.39 is 0 Å². The van der Waals surface area contributed by atoms with E-state index in [0.29, 0.717) is 17.1 Å². The molecule has 6 heteroatoms. The van der Waals surface area contributed by atoms with Crippen molar-refractivity contribution in [3.63, 3.8) is 0 Å². The molecule has 122 valence electrons. The number of pyridine rings is 1. The molecule has 0 saturated carbocycles. The van der Waals surface area contributed by atoms with Crippen molar-refractivity contribution in [2.24, 2.45) is 10.9 Å². The first-order valence-electron chi connectivity index (χ1n) is 7.48. The van der Waals surface area contributed by atoms with Crippen LogP contribution in [0.3, 0.4) is 0 Å². The number of oxime groups is 1. The molecule has 0 bridgehead atoms. The molecule has 24 heavy (non-hydrogen) atoms. The monoisotopic (exact) mass is 322 g/mol. The predicted octanol–water partition coefficient (Wildman–Crippen LogP) is 3.05. The number of fused-ring (bicyclic) bond motifs is 1. The summed E-state index contributed by atoms with van der Waals surface area (Å²) in [5, 5.41) is 12.7. The van der Waals surface area contributed by atoms with Gasteiger partial charge in [-0.3, -0.25) is 0 Å². The van der Waals surface area contributed by atoms with Crippen molar-refractivity contribution in [2.45, 2.75) is 13.0 Å². The molecule has 1 unspecified atom stereocenters. The molecule has 1 aromatic heterocycles. The van der Waals surface area contributed by atoms with Crippen molar-refractivity contribution in [3.8, 4) is 5.75 Å². The Morgan fingerprint density at radius 3 is 2.75 bits per heavy atom. The van der Waals surface area contributed by atoms with Gasteiger partial charge in [-0.25, -0.2) is 4.98 Å². The second-order valence-corrected chi connectivity index (χ2v) is 5.43. The molecule has 0 amide bonds. The summed E-state index contributed by atoms with van der Waals surface area (Å²) in [6.07, 6.45) is -0.248. The number of anilines is 1. The van der Waals surface area contributed by atoms with Gasteiger partial charge < -0.3 is 21.4 Å². The Hall–Kier alpha value is -3.28. The van der Waals surface area contributed by atoms with Gasteiger partial charge in [-0.1, -0.05) is 35.5 Å². The number of ether oxygens (including phenoxy) is 1. The van der Waals surface area contributed by atoms with Crippen molar-refractivity contribution in [3.05, 3.63) is 65.7 Å². The van der Waals surface area contributed by atoms with Crippen LogP contribution in [0.15, 0.2) is 59.8 Å². The van der Waals surface area contributed by atoms with Crippen LogP contribution >= 0.6 is 0 Å². The number of nitrogens with zero attached hydrogens (tertiary/aromatic N) is 2. The highest BCUT2D eigenvalue weighted by Crippen LogP contribution is 2.30. The van der Waals surface area contributed by atoms with E-state index in [0.717, 1.165) is 16.5 Å². The number of rotatable bonds is 4. The van der Waals surface area contributed by atoms with Gasteiger partial charge in [0.2, 0.25) is 0 Å². The van der Waals surface area contributed by atoms with Gasteiger partial charge in [0, 0.05) is 17.0 Å². The number of para-hydroxylation sites is 1. The molecule has 1 atom stereocenters. The fourth-order valence-corrected chi connectivity index (χ4v) is 2.53. The third-order valence-corrected chi connectivity index (χ3v) is 3.76. The summed E-state index contributed by atoms with van der Waals surface area (Å²) in [5.74, 6) is 1.13. The Labute approximate surface area is 139 Å². The number of benzene rings is 2. The van der Waals surface area contributed by atoms with Gasteiger partial charge in [0.05, 0.1) is 5.52 Å². The van der Waals surface area contributed by atoms with E-state index in [1.165, 1.54) is 0 Å². The van der Waals surface area contributed by atoms with Gasteiger partial charge in [0.1, 0.15) is 17.7 Å². The fourth-order valence-electron chi connectivity index (χ4n) is 2.53. The lowest BCUT2D eigenvalue weighted by molar-refractivity contribution is 0.230. The van der Waals surface area contributed by atoms with Gasteiger partial charge in [-0.2, -0.15) is 0 Å². The van der Waals surface area contributed by atoms with E-state index in [4.69, 9.17) is 21.4 Å². The highest BCUT2D eigenvalue weighted by atomic mass is 16.5. The molecule has 5 N–H and O–H groups in total. The Morgan fingerprint density at radius 1 is 1.17 bits per heavy atom. The Kier molecular flexibility index (Phi) is 4.20. The molecule has 0 fully saturated rings. The van der Waals surface area contributed by atoms with Gasteiger partial charge in [-0.05, 0) is 30.7 Å². The van der Waals surface area contributed by atoms with Crippen molar-refractivity contribution in [2.75, 3.05) is 5.73 Å². The first-order chi connectivity index (χ1) is 11.6. The van der Waals surface area contributed by atoms with Crippen LogP contribution < -0.4 is 16.2 Å². The summed E-state index contributed by atoms with van der Waals surface area (Å²) in [6, 6.07) is 16.7. The molecule has 3 rings (SSSR count). The zero-order chi connectivity index (χ0) is 17.1. The molecule has 0 saturated heterocycles. The molecular formula is C18H18N4O2. The zero-order valence-corrected chi connectivity index (χ0v) is 13.2. The Morgan fingerprint density at radius 2 is 1.96 bits per heavy atom. The normalized spacial score (nSPS) is 13.0. The molecule has 3 aromatic rings. The minimum absolute atomic E-state index is 0.0580. The molecular weight excluding hydrogens is 304 g/mol. The number of nitrogens with two attached hydrogens (primary N) is 2. The van der Waals surface area contributed by atoms with Gasteiger partial charge in [-0.15, -0.1) is 0 Å². The molecule has 6 nitrogen and oxygen atoms in total. The number of nitrogen functional groups attached to an aromatic ring is 1. The smallest absolute Gasteiger partial charge is 0.170 e. The van der Waals surface area contributed by atoms with Crippen molar-refractivity contribution < 1.29 is 9.94 Å². The summed E-state index contributed by atoms with van der Waals surface area (Å²) in [7, 11) is 0. The maximum atomic E-state index is 8.81. The van der Waals surface area contributed by atoms with Crippen LogP contribution in [0.4, 0.5) is 5.82 Å². The van der Waals surface area contributed by atoms with E-state index in [1.807, 2.05) is 49.4 Å². The van der Waals surface area contributed by atoms with Crippen LogP contribution in [0, 0.1) is 0 Å². The largest absolute Gasteiger partial charge is 0.485 e. The number of hydrogen-bond acceptors (Lipinski definition) is 5.